The van der Waals surface area contributed by atoms with E-state index in [4.69, 9.17) is 25.8 Å². The van der Waals surface area contributed by atoms with Crippen molar-refractivity contribution >= 4 is 28.2 Å². The number of fused-ring (bicyclic) bond motifs is 1. The van der Waals surface area contributed by atoms with Gasteiger partial charge in [0.05, 0.1) is 38.7 Å². The monoisotopic (exact) mass is 435 g/mol. The largest absolute Gasteiger partial charge is 0.497 e. The van der Waals surface area contributed by atoms with Gasteiger partial charge in [-0.3, -0.25) is 0 Å². The molecule has 0 aliphatic carbocycles. The van der Waals surface area contributed by atoms with Crippen molar-refractivity contribution in [3.63, 3.8) is 0 Å². The molecule has 158 valence electrons. The Morgan fingerprint density at radius 1 is 0.871 bits per heavy atom. The highest BCUT2D eigenvalue weighted by atomic mass is 35.5. The van der Waals surface area contributed by atoms with Crippen molar-refractivity contribution in [2.24, 2.45) is 0 Å². The number of rotatable bonds is 7. The molecular formula is C24H22ClN3O3. The van der Waals surface area contributed by atoms with Crippen molar-refractivity contribution in [1.82, 2.24) is 10.2 Å². The molecule has 31 heavy (non-hydrogen) atoms. The lowest BCUT2D eigenvalue weighted by atomic mass is 10.0. The lowest BCUT2D eigenvalue weighted by Gasteiger charge is -2.14. The van der Waals surface area contributed by atoms with E-state index in [1.54, 1.807) is 33.6 Å². The third-order valence-electron chi connectivity index (χ3n) is 5.08. The van der Waals surface area contributed by atoms with Crippen LogP contribution in [0.4, 0.5) is 5.69 Å². The van der Waals surface area contributed by atoms with Crippen LogP contribution < -0.4 is 19.5 Å². The summed E-state index contributed by atoms with van der Waals surface area (Å²) in [6, 6.07) is 17.3. The van der Waals surface area contributed by atoms with Crippen molar-refractivity contribution in [1.29, 1.82) is 0 Å². The Morgan fingerprint density at radius 3 is 2.48 bits per heavy atom. The minimum Gasteiger partial charge on any atom is -0.497 e. The first kappa shape index (κ1) is 20.8. The number of benzene rings is 3. The van der Waals surface area contributed by atoms with Crippen molar-refractivity contribution in [3.8, 4) is 28.4 Å². The molecule has 0 fully saturated rings. The molecule has 0 saturated heterocycles. The van der Waals surface area contributed by atoms with Gasteiger partial charge >= 0.3 is 0 Å². The first-order valence-electron chi connectivity index (χ1n) is 9.67. The van der Waals surface area contributed by atoms with Gasteiger partial charge in [-0.2, -0.15) is 10.2 Å². The van der Waals surface area contributed by atoms with Crippen LogP contribution in [0.5, 0.6) is 17.2 Å². The summed E-state index contributed by atoms with van der Waals surface area (Å²) < 4.78 is 16.2. The van der Waals surface area contributed by atoms with E-state index in [1.807, 2.05) is 48.5 Å². The third-order valence-corrected chi connectivity index (χ3v) is 5.31. The number of aromatic nitrogens is 2. The van der Waals surface area contributed by atoms with E-state index in [0.29, 0.717) is 11.6 Å². The molecule has 1 heterocycles. The summed E-state index contributed by atoms with van der Waals surface area (Å²) >= 11 is 6.20. The molecule has 0 unspecified atom stereocenters. The molecule has 3 aromatic carbocycles. The first-order valence-corrected chi connectivity index (χ1v) is 10.0. The Hall–Kier alpha value is -3.51. The van der Waals surface area contributed by atoms with Gasteiger partial charge in [0.1, 0.15) is 17.2 Å². The molecule has 0 aliphatic rings. The van der Waals surface area contributed by atoms with Crippen molar-refractivity contribution in [3.05, 3.63) is 71.4 Å². The number of ether oxygens (including phenoxy) is 3. The normalized spacial score (nSPS) is 10.7. The SMILES string of the molecule is COc1ccc(CNc2cnnc3cc(-c4cc(Cl)ccc4OC)ccc23)c(OC)c1. The second-order valence-corrected chi connectivity index (χ2v) is 7.30. The lowest BCUT2D eigenvalue weighted by molar-refractivity contribution is 0.391. The fourth-order valence-corrected chi connectivity index (χ4v) is 3.64. The van der Waals surface area contributed by atoms with Gasteiger partial charge in [0, 0.05) is 34.1 Å². The molecular weight excluding hydrogens is 414 g/mol. The van der Waals surface area contributed by atoms with Crippen molar-refractivity contribution in [2.45, 2.75) is 6.54 Å². The highest BCUT2D eigenvalue weighted by molar-refractivity contribution is 6.31. The third kappa shape index (κ3) is 4.34. The van der Waals surface area contributed by atoms with Crippen LogP contribution in [0, 0.1) is 0 Å². The summed E-state index contributed by atoms with van der Waals surface area (Å²) in [5, 5.41) is 13.5. The van der Waals surface area contributed by atoms with E-state index < -0.39 is 0 Å². The van der Waals surface area contributed by atoms with Crippen LogP contribution in [0.2, 0.25) is 5.02 Å². The highest BCUT2D eigenvalue weighted by Gasteiger charge is 2.11. The van der Waals surface area contributed by atoms with Crippen molar-refractivity contribution < 1.29 is 14.2 Å². The maximum atomic E-state index is 6.20. The fraction of sp³-hybridized carbons (Fsp3) is 0.167. The Kier molecular flexibility index (Phi) is 6.09. The molecule has 4 aromatic rings. The number of nitrogens with zero attached hydrogens (tertiary/aromatic N) is 2. The number of nitrogens with one attached hydrogen (secondary N) is 1. The van der Waals surface area contributed by atoms with E-state index in [-0.39, 0.29) is 0 Å². The predicted molar refractivity (Wildman–Crippen MR) is 123 cm³/mol. The van der Waals surface area contributed by atoms with Crippen LogP contribution in [0.3, 0.4) is 0 Å². The summed E-state index contributed by atoms with van der Waals surface area (Å²) in [6.07, 6.45) is 1.72. The minimum atomic E-state index is 0.567. The molecule has 4 rings (SSSR count). The van der Waals surface area contributed by atoms with Crippen LogP contribution in [-0.2, 0) is 6.54 Å². The zero-order valence-corrected chi connectivity index (χ0v) is 18.2. The molecule has 0 radical (unpaired) electrons. The second kappa shape index (κ2) is 9.10. The average Bonchev–Trinajstić information content (AvgIpc) is 2.82. The standard InChI is InChI=1S/C24H22ClN3O3/c1-29-18-7-4-16(24(12-18)31-3)13-26-22-14-27-28-21-10-15(5-8-19(21)22)20-11-17(25)6-9-23(20)30-2/h4-12,14H,13H2,1-3H3,(H,26,28). The molecule has 0 amide bonds. The van der Waals surface area contributed by atoms with Gasteiger partial charge in [0.2, 0.25) is 0 Å². The molecule has 7 heteroatoms. The van der Waals surface area contributed by atoms with Gasteiger partial charge < -0.3 is 19.5 Å². The van der Waals surface area contributed by atoms with Crippen LogP contribution in [0.15, 0.2) is 60.8 Å². The van der Waals surface area contributed by atoms with Crippen LogP contribution >= 0.6 is 11.6 Å². The maximum absolute atomic E-state index is 6.20. The lowest BCUT2D eigenvalue weighted by Crippen LogP contribution is -2.03. The Morgan fingerprint density at radius 2 is 1.71 bits per heavy atom. The van der Waals surface area contributed by atoms with Crippen LogP contribution in [0.25, 0.3) is 22.0 Å². The minimum absolute atomic E-state index is 0.567. The number of hydrogen-bond acceptors (Lipinski definition) is 6. The van der Waals surface area contributed by atoms with Gasteiger partial charge in [0.15, 0.2) is 0 Å². The summed E-state index contributed by atoms with van der Waals surface area (Å²) in [5.41, 5.74) is 4.52. The topological polar surface area (TPSA) is 65.5 Å². The number of halogens is 1. The zero-order valence-electron chi connectivity index (χ0n) is 17.5. The molecule has 1 N–H and O–H groups in total. The van der Waals surface area contributed by atoms with E-state index in [1.165, 1.54) is 0 Å². The molecule has 6 nitrogen and oxygen atoms in total. The van der Waals surface area contributed by atoms with Crippen molar-refractivity contribution in [2.75, 3.05) is 26.6 Å². The predicted octanol–water partition coefficient (Wildman–Crippen LogP) is 5.59. The summed E-state index contributed by atoms with van der Waals surface area (Å²) in [6.45, 7) is 0.567. The molecule has 0 atom stereocenters. The highest BCUT2D eigenvalue weighted by Crippen LogP contribution is 2.35. The smallest absolute Gasteiger partial charge is 0.127 e. The number of hydrogen-bond donors (Lipinski definition) is 1. The average molecular weight is 436 g/mol. The molecule has 0 bridgehead atoms. The van der Waals surface area contributed by atoms with Gasteiger partial charge in [-0.25, -0.2) is 0 Å². The molecule has 0 saturated carbocycles. The maximum Gasteiger partial charge on any atom is 0.127 e. The zero-order chi connectivity index (χ0) is 21.8. The number of methoxy groups -OCH3 is 3. The van der Waals surface area contributed by atoms with Gasteiger partial charge in [0.25, 0.3) is 0 Å². The molecule has 1 aromatic heterocycles. The quantitative estimate of drug-likeness (QED) is 0.408. The Bertz CT molecular complexity index is 1230. The summed E-state index contributed by atoms with van der Waals surface area (Å²) in [4.78, 5) is 0. The van der Waals surface area contributed by atoms with Crippen LogP contribution in [0.1, 0.15) is 5.56 Å². The summed E-state index contributed by atoms with van der Waals surface area (Å²) in [7, 11) is 4.92. The van der Waals surface area contributed by atoms with E-state index in [2.05, 4.69) is 15.5 Å². The number of anilines is 1. The second-order valence-electron chi connectivity index (χ2n) is 6.87. The summed E-state index contributed by atoms with van der Waals surface area (Å²) in [5.74, 6) is 2.26. The van der Waals surface area contributed by atoms with Crippen LogP contribution in [-0.4, -0.2) is 31.5 Å². The Balaban J connectivity index is 1.65. The van der Waals surface area contributed by atoms with E-state index >= 15 is 0 Å². The molecule has 0 spiro atoms. The van der Waals surface area contributed by atoms with Gasteiger partial charge in [-0.15, -0.1) is 0 Å². The first-order chi connectivity index (χ1) is 15.1. The molecule has 0 aliphatic heterocycles. The van der Waals surface area contributed by atoms with E-state index in [9.17, 15) is 0 Å². The van der Waals surface area contributed by atoms with Gasteiger partial charge in [-0.1, -0.05) is 17.7 Å². The fourth-order valence-electron chi connectivity index (χ4n) is 3.46. The van der Waals surface area contributed by atoms with E-state index in [0.717, 1.165) is 50.5 Å². The van der Waals surface area contributed by atoms with Gasteiger partial charge in [-0.05, 0) is 48.0 Å². The Labute approximate surface area is 185 Å².